The van der Waals surface area contributed by atoms with Gasteiger partial charge in [-0.3, -0.25) is 14.5 Å². The van der Waals surface area contributed by atoms with Crippen LogP contribution in [0.15, 0.2) is 24.3 Å². The van der Waals surface area contributed by atoms with Gasteiger partial charge in [0.15, 0.2) is 0 Å². The van der Waals surface area contributed by atoms with Crippen LogP contribution in [-0.2, 0) is 16.1 Å². The SMILES string of the molecule is O=C1CCN(CC2(O)CCCN(C(=O)Cn3nc4ccccc4n3)C2)CCN1. The second-order valence-corrected chi connectivity index (χ2v) is 7.74. The summed E-state index contributed by atoms with van der Waals surface area (Å²) in [6.45, 7) is 3.39. The number of likely N-dealkylation sites (tertiary alicyclic amines) is 1. The molecule has 2 aliphatic heterocycles. The first-order valence-electron chi connectivity index (χ1n) is 9.80. The summed E-state index contributed by atoms with van der Waals surface area (Å²) in [5, 5.41) is 22.6. The van der Waals surface area contributed by atoms with Crippen molar-refractivity contribution in [1.29, 1.82) is 0 Å². The normalized spacial score (nSPS) is 24.2. The second-order valence-electron chi connectivity index (χ2n) is 7.74. The number of nitrogens with one attached hydrogen (secondary N) is 1. The van der Waals surface area contributed by atoms with Crippen LogP contribution in [0, 0.1) is 0 Å². The van der Waals surface area contributed by atoms with Gasteiger partial charge in [-0.2, -0.15) is 15.0 Å². The number of β-amino-alcohol motifs (C(OH)–C–C–N with tert-alkyl or cyclic N) is 1. The van der Waals surface area contributed by atoms with Gasteiger partial charge in [0.1, 0.15) is 17.6 Å². The van der Waals surface area contributed by atoms with Crippen molar-refractivity contribution in [2.75, 3.05) is 39.3 Å². The Kier molecular flexibility index (Phi) is 5.27. The van der Waals surface area contributed by atoms with Crippen LogP contribution >= 0.6 is 0 Å². The third-order valence-corrected chi connectivity index (χ3v) is 5.44. The zero-order valence-electron chi connectivity index (χ0n) is 15.9. The number of benzene rings is 1. The van der Waals surface area contributed by atoms with Gasteiger partial charge in [0, 0.05) is 39.1 Å². The lowest BCUT2D eigenvalue weighted by atomic mass is 9.92. The lowest BCUT2D eigenvalue weighted by Gasteiger charge is -2.41. The highest BCUT2D eigenvalue weighted by molar-refractivity contribution is 5.77. The van der Waals surface area contributed by atoms with Gasteiger partial charge in [-0.1, -0.05) is 12.1 Å². The summed E-state index contributed by atoms with van der Waals surface area (Å²) >= 11 is 0. The lowest BCUT2D eigenvalue weighted by Crippen LogP contribution is -2.56. The summed E-state index contributed by atoms with van der Waals surface area (Å²) in [4.78, 5) is 29.5. The molecular weight excluding hydrogens is 360 g/mol. The Balaban J connectivity index is 1.38. The smallest absolute Gasteiger partial charge is 0.246 e. The Morgan fingerprint density at radius 3 is 2.68 bits per heavy atom. The van der Waals surface area contributed by atoms with E-state index in [1.54, 1.807) is 4.90 Å². The van der Waals surface area contributed by atoms with Gasteiger partial charge >= 0.3 is 0 Å². The topological polar surface area (TPSA) is 104 Å². The van der Waals surface area contributed by atoms with Crippen molar-refractivity contribution in [2.24, 2.45) is 0 Å². The molecule has 3 heterocycles. The minimum Gasteiger partial charge on any atom is -0.387 e. The fraction of sp³-hybridized carbons (Fsp3) is 0.579. The maximum atomic E-state index is 12.8. The number of carbonyl (C=O) groups is 2. The monoisotopic (exact) mass is 386 g/mol. The average Bonchev–Trinajstić information content (AvgIpc) is 2.97. The molecule has 9 heteroatoms. The molecule has 0 saturated carbocycles. The summed E-state index contributed by atoms with van der Waals surface area (Å²) < 4.78 is 0. The summed E-state index contributed by atoms with van der Waals surface area (Å²) in [7, 11) is 0. The molecule has 4 rings (SSSR count). The Morgan fingerprint density at radius 1 is 1.18 bits per heavy atom. The van der Waals surface area contributed by atoms with E-state index >= 15 is 0 Å². The number of amides is 2. The first-order valence-corrected chi connectivity index (χ1v) is 9.80. The molecule has 0 spiro atoms. The Morgan fingerprint density at radius 2 is 1.93 bits per heavy atom. The number of piperidine rings is 1. The van der Waals surface area contributed by atoms with Crippen LogP contribution in [0.2, 0.25) is 0 Å². The molecule has 2 aliphatic rings. The van der Waals surface area contributed by atoms with E-state index in [0.717, 1.165) is 17.5 Å². The van der Waals surface area contributed by atoms with Crippen LogP contribution in [0.3, 0.4) is 0 Å². The zero-order chi connectivity index (χ0) is 19.6. The predicted octanol–water partition coefficient (Wildman–Crippen LogP) is -0.393. The van der Waals surface area contributed by atoms with Crippen LogP contribution in [0.25, 0.3) is 11.0 Å². The molecule has 1 aromatic heterocycles. The highest BCUT2D eigenvalue weighted by atomic mass is 16.3. The predicted molar refractivity (Wildman–Crippen MR) is 102 cm³/mol. The molecule has 2 N–H and O–H groups in total. The fourth-order valence-corrected chi connectivity index (χ4v) is 4.04. The molecule has 2 aromatic rings. The van der Waals surface area contributed by atoms with Crippen molar-refractivity contribution < 1.29 is 14.7 Å². The van der Waals surface area contributed by atoms with Crippen LogP contribution in [0.1, 0.15) is 19.3 Å². The molecule has 1 unspecified atom stereocenters. The van der Waals surface area contributed by atoms with Gasteiger partial charge in [-0.05, 0) is 25.0 Å². The summed E-state index contributed by atoms with van der Waals surface area (Å²) in [5.74, 6) is -0.0415. The number of fused-ring (bicyclic) bond motifs is 1. The molecule has 1 aromatic carbocycles. The van der Waals surface area contributed by atoms with Crippen LogP contribution < -0.4 is 5.32 Å². The van der Waals surface area contributed by atoms with Crippen molar-refractivity contribution in [2.45, 2.75) is 31.4 Å². The largest absolute Gasteiger partial charge is 0.387 e. The summed E-state index contributed by atoms with van der Waals surface area (Å²) in [5.41, 5.74) is 0.563. The Bertz CT molecular complexity index is 835. The third-order valence-electron chi connectivity index (χ3n) is 5.44. The first kappa shape index (κ1) is 18.8. The number of carbonyl (C=O) groups excluding carboxylic acids is 2. The van der Waals surface area contributed by atoms with Gasteiger partial charge < -0.3 is 15.3 Å². The quantitative estimate of drug-likeness (QED) is 0.742. The van der Waals surface area contributed by atoms with E-state index in [0.29, 0.717) is 52.1 Å². The van der Waals surface area contributed by atoms with Crippen molar-refractivity contribution >= 4 is 22.8 Å². The summed E-state index contributed by atoms with van der Waals surface area (Å²) in [6.07, 6.45) is 1.84. The molecule has 28 heavy (non-hydrogen) atoms. The van der Waals surface area contributed by atoms with E-state index in [2.05, 4.69) is 20.4 Å². The van der Waals surface area contributed by atoms with Gasteiger partial charge in [0.05, 0.1) is 12.1 Å². The molecule has 2 saturated heterocycles. The fourth-order valence-electron chi connectivity index (χ4n) is 4.04. The van der Waals surface area contributed by atoms with Crippen LogP contribution in [0.5, 0.6) is 0 Å². The van der Waals surface area contributed by atoms with E-state index in [1.807, 2.05) is 24.3 Å². The Labute approximate surface area is 163 Å². The van der Waals surface area contributed by atoms with E-state index in [9.17, 15) is 14.7 Å². The average molecular weight is 386 g/mol. The molecule has 2 amide bonds. The highest BCUT2D eigenvalue weighted by Gasteiger charge is 2.37. The minimum absolute atomic E-state index is 0.0500. The van der Waals surface area contributed by atoms with Gasteiger partial charge in [0.2, 0.25) is 11.8 Å². The van der Waals surface area contributed by atoms with Gasteiger partial charge in [-0.15, -0.1) is 0 Å². The van der Waals surface area contributed by atoms with Crippen molar-refractivity contribution in [3.8, 4) is 0 Å². The number of aliphatic hydroxyl groups is 1. The molecule has 2 fully saturated rings. The zero-order valence-corrected chi connectivity index (χ0v) is 15.9. The molecule has 0 aliphatic carbocycles. The van der Waals surface area contributed by atoms with Crippen molar-refractivity contribution in [1.82, 2.24) is 30.1 Å². The van der Waals surface area contributed by atoms with E-state index in [4.69, 9.17) is 0 Å². The highest BCUT2D eigenvalue weighted by Crippen LogP contribution is 2.23. The first-order chi connectivity index (χ1) is 13.5. The molecule has 1 atom stereocenters. The van der Waals surface area contributed by atoms with E-state index < -0.39 is 5.60 Å². The van der Waals surface area contributed by atoms with E-state index in [-0.39, 0.29) is 18.4 Å². The maximum absolute atomic E-state index is 12.8. The molecule has 150 valence electrons. The third kappa shape index (κ3) is 4.31. The van der Waals surface area contributed by atoms with Gasteiger partial charge in [-0.25, -0.2) is 0 Å². The lowest BCUT2D eigenvalue weighted by molar-refractivity contribution is -0.140. The molecule has 0 bridgehead atoms. The maximum Gasteiger partial charge on any atom is 0.246 e. The van der Waals surface area contributed by atoms with Crippen molar-refractivity contribution in [3.05, 3.63) is 24.3 Å². The molecule has 9 nitrogen and oxygen atoms in total. The van der Waals surface area contributed by atoms with Crippen molar-refractivity contribution in [3.63, 3.8) is 0 Å². The van der Waals surface area contributed by atoms with Crippen LogP contribution in [-0.4, -0.2) is 86.6 Å². The van der Waals surface area contributed by atoms with Crippen LogP contribution in [0.4, 0.5) is 0 Å². The molecule has 0 radical (unpaired) electrons. The number of nitrogens with zero attached hydrogens (tertiary/aromatic N) is 5. The minimum atomic E-state index is -0.955. The number of hydrogen-bond donors (Lipinski definition) is 2. The number of rotatable bonds is 4. The van der Waals surface area contributed by atoms with Gasteiger partial charge in [0.25, 0.3) is 0 Å². The number of aromatic nitrogens is 3. The number of hydrogen-bond acceptors (Lipinski definition) is 6. The second kappa shape index (κ2) is 7.84. The standard InChI is InChI=1S/C19H26N6O3/c26-17-6-10-23(11-8-20-17)13-19(28)7-3-9-24(14-19)18(27)12-25-21-15-4-1-2-5-16(15)22-25/h1-2,4-5,28H,3,6-14H2,(H,20,26). The molecular formula is C19H26N6O3. The van der Waals surface area contributed by atoms with E-state index in [1.165, 1.54) is 4.80 Å². The summed E-state index contributed by atoms with van der Waals surface area (Å²) in [6, 6.07) is 7.51. The Hall–Kier alpha value is -2.52.